The fraction of sp³-hybridized carbons (Fsp3) is 0.0909. The molecule has 0 amide bonds. The van der Waals surface area contributed by atoms with Crippen molar-refractivity contribution in [2.45, 2.75) is 13.0 Å². The molecule has 0 bridgehead atoms. The van der Waals surface area contributed by atoms with E-state index in [0.717, 1.165) is 5.56 Å². The van der Waals surface area contributed by atoms with Crippen LogP contribution in [0.15, 0.2) is 71.1 Å². The molecule has 0 saturated carbocycles. The summed E-state index contributed by atoms with van der Waals surface area (Å²) < 4.78 is 33.0. The summed E-state index contributed by atoms with van der Waals surface area (Å²) in [5, 5.41) is 11.8. The molecule has 4 nitrogen and oxygen atoms in total. The lowest BCUT2D eigenvalue weighted by molar-refractivity contribution is 0.493. The SMILES string of the molecule is Cc1cc(F)ccc1NC(c1nnc(-c2ccccc2)o1)c1ccc(F)cc1Cl. The van der Waals surface area contributed by atoms with Crippen LogP contribution < -0.4 is 5.32 Å². The van der Waals surface area contributed by atoms with E-state index in [2.05, 4.69) is 15.5 Å². The molecular formula is C22H16ClF2N3O. The van der Waals surface area contributed by atoms with Crippen LogP contribution in [0.2, 0.25) is 5.02 Å². The van der Waals surface area contributed by atoms with E-state index in [1.807, 2.05) is 30.3 Å². The third kappa shape index (κ3) is 4.12. The number of anilines is 1. The van der Waals surface area contributed by atoms with E-state index in [0.29, 0.717) is 22.7 Å². The van der Waals surface area contributed by atoms with Crippen molar-refractivity contribution in [3.63, 3.8) is 0 Å². The summed E-state index contributed by atoms with van der Waals surface area (Å²) in [4.78, 5) is 0. The molecule has 0 spiro atoms. The highest BCUT2D eigenvalue weighted by molar-refractivity contribution is 6.31. The van der Waals surface area contributed by atoms with Crippen molar-refractivity contribution < 1.29 is 13.2 Å². The Bertz CT molecular complexity index is 1150. The minimum absolute atomic E-state index is 0.210. The van der Waals surface area contributed by atoms with E-state index in [1.54, 1.807) is 19.1 Å². The highest BCUT2D eigenvalue weighted by atomic mass is 35.5. The van der Waals surface area contributed by atoms with Crippen LogP contribution in [0.5, 0.6) is 0 Å². The highest BCUT2D eigenvalue weighted by Gasteiger charge is 2.24. The number of aromatic nitrogens is 2. The monoisotopic (exact) mass is 411 g/mol. The molecule has 3 aromatic carbocycles. The van der Waals surface area contributed by atoms with Gasteiger partial charge < -0.3 is 9.73 Å². The molecule has 7 heteroatoms. The van der Waals surface area contributed by atoms with Gasteiger partial charge in [0.05, 0.1) is 0 Å². The molecule has 4 rings (SSSR count). The number of hydrogen-bond acceptors (Lipinski definition) is 4. The smallest absolute Gasteiger partial charge is 0.247 e. The summed E-state index contributed by atoms with van der Waals surface area (Å²) in [6, 6.07) is 17.1. The van der Waals surface area contributed by atoms with Crippen molar-refractivity contribution in [3.05, 3.63) is 100 Å². The molecule has 29 heavy (non-hydrogen) atoms. The van der Waals surface area contributed by atoms with Gasteiger partial charge in [-0.15, -0.1) is 10.2 Å². The van der Waals surface area contributed by atoms with Crippen LogP contribution in [0.4, 0.5) is 14.5 Å². The molecule has 0 saturated heterocycles. The van der Waals surface area contributed by atoms with Crippen LogP contribution in [0.1, 0.15) is 23.1 Å². The first-order chi connectivity index (χ1) is 14.0. The molecule has 1 unspecified atom stereocenters. The predicted molar refractivity (Wildman–Crippen MR) is 108 cm³/mol. The Morgan fingerprint density at radius 3 is 2.38 bits per heavy atom. The van der Waals surface area contributed by atoms with Crippen LogP contribution in [-0.4, -0.2) is 10.2 Å². The van der Waals surface area contributed by atoms with E-state index in [1.165, 1.54) is 24.3 Å². The normalized spacial score (nSPS) is 12.0. The topological polar surface area (TPSA) is 51.0 Å². The highest BCUT2D eigenvalue weighted by Crippen LogP contribution is 2.33. The lowest BCUT2D eigenvalue weighted by Crippen LogP contribution is -2.14. The second-order valence-corrected chi connectivity index (χ2v) is 6.92. The quantitative estimate of drug-likeness (QED) is 0.426. The van der Waals surface area contributed by atoms with Gasteiger partial charge in [0.15, 0.2) is 0 Å². The molecule has 0 aliphatic rings. The van der Waals surface area contributed by atoms with Gasteiger partial charge in [-0.1, -0.05) is 35.9 Å². The number of nitrogens with zero attached hydrogens (tertiary/aromatic N) is 2. The molecule has 1 aromatic heterocycles. The Hall–Kier alpha value is -3.25. The lowest BCUT2D eigenvalue weighted by atomic mass is 10.1. The van der Waals surface area contributed by atoms with E-state index in [9.17, 15) is 8.78 Å². The van der Waals surface area contributed by atoms with Crippen LogP contribution >= 0.6 is 11.6 Å². The number of benzene rings is 3. The van der Waals surface area contributed by atoms with Gasteiger partial charge in [-0.3, -0.25) is 0 Å². The molecule has 1 heterocycles. The van der Waals surface area contributed by atoms with Crippen molar-refractivity contribution in [3.8, 4) is 11.5 Å². The second-order valence-electron chi connectivity index (χ2n) is 6.51. The Kier molecular flexibility index (Phi) is 5.27. The van der Waals surface area contributed by atoms with Crippen LogP contribution in [-0.2, 0) is 0 Å². The summed E-state index contributed by atoms with van der Waals surface area (Å²) in [7, 11) is 0. The number of hydrogen-bond donors (Lipinski definition) is 1. The number of nitrogens with one attached hydrogen (secondary N) is 1. The Balaban J connectivity index is 1.77. The molecule has 146 valence electrons. The number of aryl methyl sites for hydroxylation is 1. The Morgan fingerprint density at radius 1 is 0.931 bits per heavy atom. The Morgan fingerprint density at radius 2 is 1.66 bits per heavy atom. The summed E-state index contributed by atoms with van der Waals surface area (Å²) >= 11 is 6.30. The molecule has 0 aliphatic carbocycles. The van der Waals surface area contributed by atoms with Crippen molar-refractivity contribution in [1.29, 1.82) is 0 Å². The minimum atomic E-state index is -0.655. The Labute approximate surface area is 171 Å². The van der Waals surface area contributed by atoms with Crippen LogP contribution in [0.3, 0.4) is 0 Å². The average Bonchev–Trinajstić information content (AvgIpc) is 3.19. The lowest BCUT2D eigenvalue weighted by Gasteiger charge is -2.19. The van der Waals surface area contributed by atoms with Gasteiger partial charge in [0.1, 0.15) is 17.7 Å². The molecule has 4 aromatic rings. The first-order valence-electron chi connectivity index (χ1n) is 8.88. The predicted octanol–water partition coefficient (Wildman–Crippen LogP) is 6.18. The molecule has 0 fully saturated rings. The average molecular weight is 412 g/mol. The number of halogens is 3. The zero-order valence-corrected chi connectivity index (χ0v) is 16.1. The van der Waals surface area contributed by atoms with Gasteiger partial charge in [-0.2, -0.15) is 0 Å². The van der Waals surface area contributed by atoms with Gasteiger partial charge in [-0.05, 0) is 55.0 Å². The summed E-state index contributed by atoms with van der Waals surface area (Å²) in [6.45, 7) is 1.78. The molecular weight excluding hydrogens is 396 g/mol. The van der Waals surface area contributed by atoms with Crippen LogP contribution in [0.25, 0.3) is 11.5 Å². The van der Waals surface area contributed by atoms with Gasteiger partial charge in [0, 0.05) is 21.8 Å². The van der Waals surface area contributed by atoms with E-state index < -0.39 is 11.9 Å². The fourth-order valence-corrected chi connectivity index (χ4v) is 3.28. The third-order valence-electron chi connectivity index (χ3n) is 4.47. The standard InChI is InChI=1S/C22H16ClF2N3O/c1-13-11-15(24)8-10-19(13)26-20(17-9-7-16(25)12-18(17)23)22-28-27-21(29-22)14-5-3-2-4-6-14/h2-12,20,26H,1H3. The number of rotatable bonds is 5. The van der Waals surface area contributed by atoms with Gasteiger partial charge >= 0.3 is 0 Å². The van der Waals surface area contributed by atoms with E-state index in [-0.39, 0.29) is 16.7 Å². The maximum Gasteiger partial charge on any atom is 0.247 e. The fourth-order valence-electron chi connectivity index (χ4n) is 3.00. The van der Waals surface area contributed by atoms with Crippen molar-refractivity contribution in [2.75, 3.05) is 5.32 Å². The van der Waals surface area contributed by atoms with Crippen molar-refractivity contribution in [2.24, 2.45) is 0 Å². The van der Waals surface area contributed by atoms with Gasteiger partial charge in [0.2, 0.25) is 11.8 Å². The summed E-state index contributed by atoms with van der Waals surface area (Å²) in [5.41, 5.74) is 2.68. The summed E-state index contributed by atoms with van der Waals surface area (Å²) in [5.74, 6) is -0.193. The molecule has 0 radical (unpaired) electrons. The van der Waals surface area contributed by atoms with Gasteiger partial charge in [-0.25, -0.2) is 8.78 Å². The molecule has 1 atom stereocenters. The minimum Gasteiger partial charge on any atom is -0.418 e. The zero-order chi connectivity index (χ0) is 20.4. The van der Waals surface area contributed by atoms with Crippen molar-refractivity contribution >= 4 is 17.3 Å². The molecule has 0 aliphatic heterocycles. The maximum atomic E-state index is 13.6. The first-order valence-corrected chi connectivity index (χ1v) is 9.25. The zero-order valence-electron chi connectivity index (χ0n) is 15.4. The summed E-state index contributed by atoms with van der Waals surface area (Å²) in [6.07, 6.45) is 0. The van der Waals surface area contributed by atoms with E-state index in [4.69, 9.17) is 16.0 Å². The molecule has 1 N–H and O–H groups in total. The van der Waals surface area contributed by atoms with Crippen LogP contribution in [0, 0.1) is 18.6 Å². The van der Waals surface area contributed by atoms with Crippen molar-refractivity contribution in [1.82, 2.24) is 10.2 Å². The largest absolute Gasteiger partial charge is 0.418 e. The second kappa shape index (κ2) is 8.01. The van der Waals surface area contributed by atoms with Gasteiger partial charge in [0.25, 0.3) is 0 Å². The maximum absolute atomic E-state index is 13.6. The first kappa shape index (κ1) is 19.1. The van der Waals surface area contributed by atoms with E-state index >= 15 is 0 Å². The third-order valence-corrected chi connectivity index (χ3v) is 4.80.